The van der Waals surface area contributed by atoms with Crippen molar-refractivity contribution in [3.05, 3.63) is 59.2 Å². The lowest BCUT2D eigenvalue weighted by molar-refractivity contribution is -0.0178. The molecule has 0 amide bonds. The number of ether oxygens (including phenoxy) is 1. The van der Waals surface area contributed by atoms with Gasteiger partial charge in [0.2, 0.25) is 5.95 Å². The Morgan fingerprint density at radius 1 is 1.00 bits per heavy atom. The van der Waals surface area contributed by atoms with Crippen LogP contribution >= 0.6 is 0 Å². The van der Waals surface area contributed by atoms with Crippen LogP contribution in [0, 0.1) is 25.5 Å². The number of aryl methyl sites for hydroxylation is 2. The van der Waals surface area contributed by atoms with Gasteiger partial charge in [-0.15, -0.1) is 0 Å². The maximum Gasteiger partial charge on any atom is 0.228 e. The molecule has 180 valence electrons. The zero-order valence-corrected chi connectivity index (χ0v) is 19.7. The number of nitrogens with zero attached hydrogens (tertiary/aromatic N) is 7. The van der Waals surface area contributed by atoms with E-state index >= 15 is 0 Å². The third kappa shape index (κ3) is 4.12. The largest absolute Gasteiger partial charge is 0.367 e. The van der Waals surface area contributed by atoms with Gasteiger partial charge in [0, 0.05) is 29.9 Å². The maximum atomic E-state index is 14.8. The minimum atomic E-state index is -0.711. The molecule has 1 aromatic carbocycles. The summed E-state index contributed by atoms with van der Waals surface area (Å²) in [7, 11) is 0. The van der Waals surface area contributed by atoms with E-state index in [-0.39, 0.29) is 23.5 Å². The van der Waals surface area contributed by atoms with Crippen molar-refractivity contribution in [3.8, 4) is 11.3 Å². The molecule has 0 bridgehead atoms. The molecule has 0 N–H and O–H groups in total. The van der Waals surface area contributed by atoms with E-state index in [0.29, 0.717) is 41.9 Å². The van der Waals surface area contributed by atoms with Crippen molar-refractivity contribution in [2.75, 3.05) is 18.0 Å². The zero-order valence-electron chi connectivity index (χ0n) is 19.7. The number of rotatable bonds is 4. The van der Waals surface area contributed by atoms with Crippen LogP contribution in [0.2, 0.25) is 0 Å². The number of hydrogen-bond acceptors (Lipinski definition) is 7. The Morgan fingerprint density at radius 2 is 1.80 bits per heavy atom. The molecule has 2 atom stereocenters. The van der Waals surface area contributed by atoms with Crippen molar-refractivity contribution in [1.82, 2.24) is 29.7 Å². The van der Waals surface area contributed by atoms with E-state index in [1.807, 2.05) is 36.5 Å². The molecule has 4 heterocycles. The molecule has 35 heavy (non-hydrogen) atoms. The first kappa shape index (κ1) is 22.0. The summed E-state index contributed by atoms with van der Waals surface area (Å²) >= 11 is 0. The Morgan fingerprint density at radius 3 is 2.57 bits per heavy atom. The average Bonchev–Trinajstić information content (AvgIpc) is 3.55. The Bertz CT molecular complexity index is 1440. The van der Waals surface area contributed by atoms with Crippen LogP contribution in [-0.2, 0) is 4.74 Å². The van der Waals surface area contributed by atoms with Gasteiger partial charge in [-0.3, -0.25) is 4.68 Å². The second-order valence-electron chi connectivity index (χ2n) is 9.39. The number of halogens is 2. The molecule has 4 aromatic rings. The summed E-state index contributed by atoms with van der Waals surface area (Å²) in [5.41, 5.74) is 3.63. The Labute approximate surface area is 201 Å². The molecule has 1 saturated heterocycles. The number of hydrogen-bond donors (Lipinski definition) is 0. The number of benzene rings is 1. The van der Waals surface area contributed by atoms with Gasteiger partial charge in [0.15, 0.2) is 5.65 Å². The first-order valence-corrected chi connectivity index (χ1v) is 11.8. The van der Waals surface area contributed by atoms with Gasteiger partial charge in [0.05, 0.1) is 36.3 Å². The van der Waals surface area contributed by atoms with Gasteiger partial charge < -0.3 is 9.64 Å². The second-order valence-corrected chi connectivity index (χ2v) is 9.39. The summed E-state index contributed by atoms with van der Waals surface area (Å²) in [5.74, 6) is -0.959. The van der Waals surface area contributed by atoms with E-state index in [4.69, 9.17) is 14.7 Å². The predicted molar refractivity (Wildman–Crippen MR) is 126 cm³/mol. The summed E-state index contributed by atoms with van der Waals surface area (Å²) in [6, 6.07) is 3.93. The summed E-state index contributed by atoms with van der Waals surface area (Å²) in [6.45, 7) is 6.75. The smallest absolute Gasteiger partial charge is 0.228 e. The fraction of sp³-hybridized carbons (Fsp3) is 0.400. The number of anilines is 1. The summed E-state index contributed by atoms with van der Waals surface area (Å²) in [5, 5.41) is 4.50. The van der Waals surface area contributed by atoms with Gasteiger partial charge in [0.25, 0.3) is 0 Å². The molecular weight excluding hydrogens is 452 g/mol. The third-order valence-corrected chi connectivity index (χ3v) is 6.57. The lowest BCUT2D eigenvalue weighted by Crippen LogP contribution is -2.43. The van der Waals surface area contributed by atoms with Crippen molar-refractivity contribution >= 4 is 17.1 Å². The summed E-state index contributed by atoms with van der Waals surface area (Å²) in [4.78, 5) is 20.7. The van der Waals surface area contributed by atoms with E-state index in [2.05, 4.69) is 21.3 Å². The molecule has 1 aliphatic heterocycles. The lowest BCUT2D eigenvalue weighted by Gasteiger charge is -2.36. The quantitative estimate of drug-likeness (QED) is 0.429. The van der Waals surface area contributed by atoms with Crippen LogP contribution in [0.5, 0.6) is 0 Å². The minimum absolute atomic E-state index is 0.0887. The Kier molecular flexibility index (Phi) is 5.21. The highest BCUT2D eigenvalue weighted by Gasteiger charge is 2.32. The second kappa shape index (κ2) is 8.30. The predicted octanol–water partition coefficient (Wildman–Crippen LogP) is 4.48. The highest BCUT2D eigenvalue weighted by atomic mass is 19.1. The molecule has 6 rings (SSSR count). The van der Waals surface area contributed by atoms with Crippen LogP contribution in [0.15, 0.2) is 30.6 Å². The summed E-state index contributed by atoms with van der Waals surface area (Å²) < 4.78 is 36.7. The Hall–Kier alpha value is -3.53. The highest BCUT2D eigenvalue weighted by molar-refractivity contribution is 5.88. The van der Waals surface area contributed by atoms with Crippen molar-refractivity contribution in [1.29, 1.82) is 0 Å². The van der Waals surface area contributed by atoms with Crippen LogP contribution in [0.25, 0.3) is 22.4 Å². The fourth-order valence-electron chi connectivity index (χ4n) is 4.47. The highest BCUT2D eigenvalue weighted by Crippen LogP contribution is 2.36. The zero-order chi connectivity index (χ0) is 24.3. The fourth-order valence-corrected chi connectivity index (χ4v) is 4.47. The third-order valence-electron chi connectivity index (χ3n) is 6.57. The topological polar surface area (TPSA) is 81.9 Å². The summed E-state index contributed by atoms with van der Waals surface area (Å²) in [6.07, 6.45) is 5.93. The van der Waals surface area contributed by atoms with Gasteiger partial charge in [-0.25, -0.2) is 23.7 Å². The molecule has 2 aliphatic rings. The molecular formula is C25H25F2N7O. The first-order chi connectivity index (χ1) is 16.9. The molecule has 10 heteroatoms. The average molecular weight is 478 g/mol. The number of aromatic nitrogens is 6. The molecule has 0 radical (unpaired) electrons. The first-order valence-electron chi connectivity index (χ1n) is 11.8. The van der Waals surface area contributed by atoms with Crippen molar-refractivity contribution in [3.63, 3.8) is 0 Å². The Balaban J connectivity index is 1.43. The lowest BCUT2D eigenvalue weighted by atomic mass is 10.1. The molecule has 0 unspecified atom stereocenters. The molecule has 1 saturated carbocycles. The molecule has 2 fully saturated rings. The van der Waals surface area contributed by atoms with E-state index < -0.39 is 11.6 Å². The van der Waals surface area contributed by atoms with Gasteiger partial charge >= 0.3 is 0 Å². The van der Waals surface area contributed by atoms with E-state index in [9.17, 15) is 8.78 Å². The van der Waals surface area contributed by atoms with Gasteiger partial charge in [-0.2, -0.15) is 10.1 Å². The number of morpholine rings is 1. The van der Waals surface area contributed by atoms with Crippen molar-refractivity contribution < 1.29 is 13.5 Å². The van der Waals surface area contributed by atoms with Crippen LogP contribution in [-0.4, -0.2) is 48.9 Å². The maximum absolute atomic E-state index is 14.8. The molecule has 0 spiro atoms. The number of fused-ring (bicyclic) bond motifs is 1. The van der Waals surface area contributed by atoms with Crippen molar-refractivity contribution in [2.24, 2.45) is 0 Å². The van der Waals surface area contributed by atoms with Gasteiger partial charge in [0.1, 0.15) is 28.9 Å². The van der Waals surface area contributed by atoms with Crippen LogP contribution in [0.3, 0.4) is 0 Å². The molecule has 3 aromatic heterocycles. The van der Waals surface area contributed by atoms with Crippen molar-refractivity contribution in [2.45, 2.75) is 51.9 Å². The monoisotopic (exact) mass is 477 g/mol. The SMILES string of the molecule is Cc1nc2nc(N3C[C@@H](C)O[C@@H](c4cnn(C5CC5)c4)C3)nc(-c3ccc(F)cc3F)c2nc1C. The standard InChI is InChI=1S/C25H25F2N7O/c1-13-10-33(12-21(35-13)16-9-28-34(11-16)18-5-6-18)25-31-22(19-7-4-17(26)8-20(19)27)23-24(32-25)30-15(3)14(2)29-23/h4,7-9,11,13,18,21H,5-6,10,12H2,1-3H3/t13-,21-/m1/s1. The van der Waals surface area contributed by atoms with Crippen LogP contribution in [0.4, 0.5) is 14.7 Å². The van der Waals surface area contributed by atoms with Crippen LogP contribution < -0.4 is 4.90 Å². The van der Waals surface area contributed by atoms with Gasteiger partial charge in [-0.1, -0.05) is 0 Å². The normalized spacial score (nSPS) is 20.5. The van der Waals surface area contributed by atoms with E-state index in [0.717, 1.165) is 30.2 Å². The molecule has 8 nitrogen and oxygen atoms in total. The minimum Gasteiger partial charge on any atom is -0.367 e. The van der Waals surface area contributed by atoms with Gasteiger partial charge in [-0.05, 0) is 45.7 Å². The van der Waals surface area contributed by atoms with E-state index in [1.54, 1.807) is 0 Å². The molecule has 1 aliphatic carbocycles. The van der Waals surface area contributed by atoms with E-state index in [1.165, 1.54) is 12.1 Å². The van der Waals surface area contributed by atoms with Crippen LogP contribution in [0.1, 0.15) is 48.9 Å².